The Morgan fingerprint density at radius 3 is 2.73 bits per heavy atom. The highest BCUT2D eigenvalue weighted by Crippen LogP contribution is 2.17. The normalized spacial score (nSPS) is 12.9. The van der Waals surface area contributed by atoms with Crippen LogP contribution in [0.4, 0.5) is 0 Å². The lowest BCUT2D eigenvalue weighted by molar-refractivity contribution is -0.138. The molecule has 0 saturated heterocycles. The molecule has 3 heteroatoms. The van der Waals surface area contributed by atoms with Crippen LogP contribution in [0.15, 0.2) is 16.7 Å². The van der Waals surface area contributed by atoms with E-state index in [4.69, 9.17) is 9.52 Å². The van der Waals surface area contributed by atoms with E-state index in [0.29, 0.717) is 0 Å². The molecule has 1 aromatic heterocycles. The fraction of sp³-hybridized carbons (Fsp3) is 0.375. The highest BCUT2D eigenvalue weighted by molar-refractivity contribution is 5.75. The van der Waals surface area contributed by atoms with Crippen molar-refractivity contribution < 1.29 is 14.3 Å². The first-order valence-electron chi connectivity index (χ1n) is 3.39. The van der Waals surface area contributed by atoms with Gasteiger partial charge in [0.25, 0.3) is 0 Å². The summed E-state index contributed by atoms with van der Waals surface area (Å²) in [6.07, 6.45) is 1.48. The average Bonchev–Trinajstić information content (AvgIpc) is 2.34. The van der Waals surface area contributed by atoms with Gasteiger partial charge in [-0.05, 0) is 19.9 Å². The summed E-state index contributed by atoms with van der Waals surface area (Å²) in [4.78, 5) is 10.5. The Morgan fingerprint density at radius 2 is 2.36 bits per heavy atom. The molecular formula is C8H10O3. The molecule has 60 valence electrons. The second-order valence-corrected chi connectivity index (χ2v) is 2.55. The maximum Gasteiger partial charge on any atom is 0.310 e. The predicted octanol–water partition coefficient (Wildman–Crippen LogP) is 1.78. The van der Waals surface area contributed by atoms with Crippen molar-refractivity contribution in [2.24, 2.45) is 0 Å². The lowest BCUT2D eigenvalue weighted by atomic mass is 10.1. The highest BCUT2D eigenvalue weighted by atomic mass is 16.4. The zero-order valence-corrected chi connectivity index (χ0v) is 6.50. The molecule has 0 spiro atoms. The van der Waals surface area contributed by atoms with Gasteiger partial charge in [-0.15, -0.1) is 0 Å². The first kappa shape index (κ1) is 7.85. The Balaban J connectivity index is 2.84. The van der Waals surface area contributed by atoms with Gasteiger partial charge in [0.1, 0.15) is 5.76 Å². The molecular weight excluding hydrogens is 144 g/mol. The monoisotopic (exact) mass is 154 g/mol. The Bertz CT molecular complexity index is 262. The molecule has 0 amide bonds. The molecule has 0 aromatic carbocycles. The maximum absolute atomic E-state index is 10.5. The number of furan rings is 1. The molecule has 0 saturated carbocycles. The zero-order valence-electron chi connectivity index (χ0n) is 6.50. The number of carboxylic acids is 1. The number of hydrogen-bond donors (Lipinski definition) is 1. The number of carbonyl (C=O) groups is 1. The summed E-state index contributed by atoms with van der Waals surface area (Å²) in [5.41, 5.74) is 0.718. The van der Waals surface area contributed by atoms with Gasteiger partial charge in [0.05, 0.1) is 12.2 Å². The predicted molar refractivity (Wildman–Crippen MR) is 39.5 cm³/mol. The molecule has 0 radical (unpaired) electrons. The van der Waals surface area contributed by atoms with E-state index in [1.165, 1.54) is 6.26 Å². The topological polar surface area (TPSA) is 50.4 Å². The van der Waals surface area contributed by atoms with E-state index in [0.717, 1.165) is 11.3 Å². The average molecular weight is 154 g/mol. The first-order chi connectivity index (χ1) is 5.11. The van der Waals surface area contributed by atoms with E-state index in [9.17, 15) is 4.79 Å². The van der Waals surface area contributed by atoms with Crippen molar-refractivity contribution in [2.75, 3.05) is 0 Å². The Morgan fingerprint density at radius 1 is 1.73 bits per heavy atom. The van der Waals surface area contributed by atoms with Gasteiger partial charge in [-0.1, -0.05) is 0 Å². The highest BCUT2D eigenvalue weighted by Gasteiger charge is 2.14. The van der Waals surface area contributed by atoms with Crippen molar-refractivity contribution in [1.29, 1.82) is 0 Å². The minimum absolute atomic E-state index is 0.479. The van der Waals surface area contributed by atoms with E-state index in [2.05, 4.69) is 0 Å². The van der Waals surface area contributed by atoms with E-state index >= 15 is 0 Å². The number of aryl methyl sites for hydroxylation is 1. The molecule has 0 aliphatic heterocycles. The quantitative estimate of drug-likeness (QED) is 0.706. The van der Waals surface area contributed by atoms with Crippen LogP contribution in [0.2, 0.25) is 0 Å². The lowest BCUT2D eigenvalue weighted by Crippen LogP contribution is -2.05. The Labute approximate surface area is 64.6 Å². The fourth-order valence-corrected chi connectivity index (χ4v) is 0.833. The summed E-state index contributed by atoms with van der Waals surface area (Å²) in [5, 5.41) is 8.60. The van der Waals surface area contributed by atoms with Crippen molar-refractivity contribution in [3.8, 4) is 0 Å². The number of hydrogen-bond acceptors (Lipinski definition) is 2. The molecule has 0 bridgehead atoms. The molecule has 1 heterocycles. The van der Waals surface area contributed by atoms with E-state index in [1.807, 2.05) is 0 Å². The van der Waals surface area contributed by atoms with Crippen molar-refractivity contribution in [2.45, 2.75) is 19.8 Å². The largest absolute Gasteiger partial charge is 0.481 e. The van der Waals surface area contributed by atoms with Gasteiger partial charge in [0, 0.05) is 5.56 Å². The first-order valence-corrected chi connectivity index (χ1v) is 3.39. The van der Waals surface area contributed by atoms with Crippen LogP contribution in [0.3, 0.4) is 0 Å². The smallest absolute Gasteiger partial charge is 0.310 e. The minimum atomic E-state index is -0.828. The van der Waals surface area contributed by atoms with Crippen LogP contribution in [0.5, 0.6) is 0 Å². The molecule has 0 fully saturated rings. The second-order valence-electron chi connectivity index (χ2n) is 2.55. The third-order valence-electron chi connectivity index (χ3n) is 1.62. The van der Waals surface area contributed by atoms with Gasteiger partial charge in [0.2, 0.25) is 0 Å². The van der Waals surface area contributed by atoms with Crippen LogP contribution in [0, 0.1) is 6.92 Å². The van der Waals surface area contributed by atoms with E-state index in [1.54, 1.807) is 19.9 Å². The van der Waals surface area contributed by atoms with Gasteiger partial charge >= 0.3 is 5.97 Å². The molecule has 1 unspecified atom stereocenters. The van der Waals surface area contributed by atoms with Crippen LogP contribution in [-0.2, 0) is 4.79 Å². The van der Waals surface area contributed by atoms with Gasteiger partial charge in [0.15, 0.2) is 0 Å². The SMILES string of the molecule is Cc1cc(C(C)C(=O)O)co1. The Hall–Kier alpha value is -1.25. The second kappa shape index (κ2) is 2.78. The molecule has 1 N–H and O–H groups in total. The van der Waals surface area contributed by atoms with Crippen LogP contribution in [0.25, 0.3) is 0 Å². The summed E-state index contributed by atoms with van der Waals surface area (Å²) in [7, 11) is 0. The maximum atomic E-state index is 10.5. The number of rotatable bonds is 2. The standard InChI is InChI=1S/C8H10O3/c1-5-3-7(4-11-5)6(2)8(9)10/h3-4,6H,1-2H3,(H,9,10). The summed E-state index contributed by atoms with van der Waals surface area (Å²) >= 11 is 0. The third kappa shape index (κ3) is 1.61. The molecule has 1 rings (SSSR count). The molecule has 1 atom stereocenters. The molecule has 1 aromatic rings. The summed E-state index contributed by atoms with van der Waals surface area (Å²) < 4.78 is 4.97. The summed E-state index contributed by atoms with van der Waals surface area (Å²) in [6.45, 7) is 3.42. The van der Waals surface area contributed by atoms with Crippen LogP contribution in [0.1, 0.15) is 24.2 Å². The van der Waals surface area contributed by atoms with Crippen molar-refractivity contribution in [3.05, 3.63) is 23.7 Å². The number of carboxylic acid groups (broad SMARTS) is 1. The van der Waals surface area contributed by atoms with Crippen molar-refractivity contribution >= 4 is 5.97 Å². The Kier molecular flexibility index (Phi) is 1.98. The van der Waals surface area contributed by atoms with Crippen molar-refractivity contribution in [3.63, 3.8) is 0 Å². The zero-order chi connectivity index (χ0) is 8.43. The van der Waals surface area contributed by atoms with Crippen LogP contribution in [-0.4, -0.2) is 11.1 Å². The van der Waals surface area contributed by atoms with E-state index in [-0.39, 0.29) is 0 Å². The molecule has 0 aliphatic carbocycles. The summed E-state index contributed by atoms with van der Waals surface area (Å²) in [6, 6.07) is 1.73. The van der Waals surface area contributed by atoms with Gasteiger partial charge in [-0.2, -0.15) is 0 Å². The fourth-order valence-electron chi connectivity index (χ4n) is 0.833. The van der Waals surface area contributed by atoms with E-state index < -0.39 is 11.9 Å². The van der Waals surface area contributed by atoms with Gasteiger partial charge in [-0.25, -0.2) is 0 Å². The van der Waals surface area contributed by atoms with Gasteiger partial charge in [-0.3, -0.25) is 4.79 Å². The van der Waals surface area contributed by atoms with Gasteiger partial charge < -0.3 is 9.52 Å². The summed E-state index contributed by atoms with van der Waals surface area (Å²) in [5.74, 6) is -0.564. The third-order valence-corrected chi connectivity index (χ3v) is 1.62. The molecule has 0 aliphatic rings. The minimum Gasteiger partial charge on any atom is -0.481 e. The number of aliphatic carboxylic acids is 1. The lowest BCUT2D eigenvalue weighted by Gasteiger charge is -1.99. The van der Waals surface area contributed by atoms with Crippen molar-refractivity contribution in [1.82, 2.24) is 0 Å². The molecule has 11 heavy (non-hydrogen) atoms. The van der Waals surface area contributed by atoms with Crippen LogP contribution >= 0.6 is 0 Å². The molecule has 3 nitrogen and oxygen atoms in total. The van der Waals surface area contributed by atoms with Crippen LogP contribution < -0.4 is 0 Å².